The maximum atomic E-state index is 6.43. The first-order valence-corrected chi connectivity index (χ1v) is 10.9. The van der Waals surface area contributed by atoms with Crippen LogP contribution in [0.1, 0.15) is 18.5 Å². The number of hydrogen-bond donors (Lipinski definition) is 1. The summed E-state index contributed by atoms with van der Waals surface area (Å²) in [5, 5.41) is 4.58. The summed E-state index contributed by atoms with van der Waals surface area (Å²) in [5.41, 5.74) is 4.84. The van der Waals surface area contributed by atoms with Crippen LogP contribution in [-0.4, -0.2) is 19.5 Å². The van der Waals surface area contributed by atoms with E-state index in [1.807, 2.05) is 53.1 Å². The number of aromatic nitrogens is 4. The largest absolute Gasteiger partial charge is 0.348 e. The molecule has 0 aliphatic carbocycles. The normalized spacial score (nSPS) is 12.1. The molecule has 32 heavy (non-hydrogen) atoms. The fourth-order valence-electron chi connectivity index (χ4n) is 3.65. The number of hydrogen-bond acceptors (Lipinski definition) is 4. The first-order valence-electron chi connectivity index (χ1n) is 10.2. The van der Waals surface area contributed by atoms with Gasteiger partial charge in [-0.15, -0.1) is 0 Å². The van der Waals surface area contributed by atoms with Crippen LogP contribution in [0.4, 0.5) is 5.95 Å². The predicted molar refractivity (Wildman–Crippen MR) is 131 cm³/mol. The third-order valence-electron chi connectivity index (χ3n) is 5.32. The number of nitrogens with one attached hydrogen (secondary N) is 1. The zero-order valence-corrected chi connectivity index (χ0v) is 18.7. The van der Waals surface area contributed by atoms with Crippen LogP contribution in [-0.2, 0) is 0 Å². The van der Waals surface area contributed by atoms with E-state index in [9.17, 15) is 0 Å². The molecule has 0 saturated heterocycles. The van der Waals surface area contributed by atoms with Gasteiger partial charge in [0.1, 0.15) is 12.1 Å². The second-order valence-electron chi connectivity index (χ2n) is 7.46. The Balaban J connectivity index is 1.50. The highest BCUT2D eigenvalue weighted by atomic mass is 35.5. The lowest BCUT2D eigenvalue weighted by atomic mass is 10.1. The predicted octanol–water partition coefficient (Wildman–Crippen LogP) is 6.96. The summed E-state index contributed by atoms with van der Waals surface area (Å²) in [5.74, 6) is 1.28. The van der Waals surface area contributed by atoms with Gasteiger partial charge in [-0.2, -0.15) is 4.98 Å². The molecule has 0 bridgehead atoms. The maximum absolute atomic E-state index is 6.43. The molecule has 3 aromatic carbocycles. The van der Waals surface area contributed by atoms with E-state index in [-0.39, 0.29) is 6.04 Å². The summed E-state index contributed by atoms with van der Waals surface area (Å²) < 4.78 is 1.95. The van der Waals surface area contributed by atoms with Gasteiger partial charge in [0.2, 0.25) is 5.95 Å². The molecule has 1 unspecified atom stereocenters. The second-order valence-corrected chi connectivity index (χ2v) is 8.30. The number of rotatable bonds is 5. The van der Waals surface area contributed by atoms with Gasteiger partial charge in [-0.1, -0.05) is 65.7 Å². The van der Waals surface area contributed by atoms with E-state index in [2.05, 4.69) is 40.4 Å². The van der Waals surface area contributed by atoms with E-state index in [0.717, 1.165) is 28.0 Å². The lowest BCUT2D eigenvalue weighted by Gasteiger charge is -2.14. The van der Waals surface area contributed by atoms with Crippen molar-refractivity contribution in [3.05, 3.63) is 101 Å². The van der Waals surface area contributed by atoms with E-state index in [0.29, 0.717) is 16.0 Å². The number of nitrogens with zero attached hydrogens (tertiary/aromatic N) is 4. The van der Waals surface area contributed by atoms with Crippen LogP contribution in [0.5, 0.6) is 0 Å². The highest BCUT2D eigenvalue weighted by molar-refractivity contribution is 6.36. The van der Waals surface area contributed by atoms with Crippen molar-refractivity contribution in [3.63, 3.8) is 0 Å². The molecule has 158 valence electrons. The van der Waals surface area contributed by atoms with Crippen LogP contribution in [0, 0.1) is 0 Å². The molecule has 2 heterocycles. The van der Waals surface area contributed by atoms with Crippen molar-refractivity contribution in [1.29, 1.82) is 0 Å². The molecule has 0 aliphatic rings. The lowest BCUT2D eigenvalue weighted by Crippen LogP contribution is -2.10. The van der Waals surface area contributed by atoms with Crippen molar-refractivity contribution < 1.29 is 0 Å². The Morgan fingerprint density at radius 1 is 0.906 bits per heavy atom. The second kappa shape index (κ2) is 8.61. The molecule has 5 rings (SSSR count). The van der Waals surface area contributed by atoms with Crippen molar-refractivity contribution in [1.82, 2.24) is 19.5 Å². The SMILES string of the molecule is CC(Nc1nccc(-n2cnc3ccc(-c4ccc(Cl)cc4Cl)cc32)n1)c1ccccc1. The zero-order valence-electron chi connectivity index (χ0n) is 17.2. The van der Waals surface area contributed by atoms with Crippen LogP contribution in [0.25, 0.3) is 28.0 Å². The number of benzene rings is 3. The van der Waals surface area contributed by atoms with E-state index >= 15 is 0 Å². The summed E-state index contributed by atoms with van der Waals surface area (Å²) in [4.78, 5) is 13.6. The van der Waals surface area contributed by atoms with Gasteiger partial charge in [-0.05, 0) is 48.4 Å². The molecule has 5 nitrogen and oxygen atoms in total. The molecular formula is C25H19Cl2N5. The Labute approximate surface area is 195 Å². The van der Waals surface area contributed by atoms with Gasteiger partial charge in [-0.25, -0.2) is 9.97 Å². The van der Waals surface area contributed by atoms with Gasteiger partial charge in [0.15, 0.2) is 0 Å². The Morgan fingerprint density at radius 2 is 1.75 bits per heavy atom. The standard InChI is InChI=1S/C25H19Cl2N5/c1-16(17-5-3-2-4-6-17)30-25-28-12-11-24(31-25)32-15-29-22-10-7-18(13-23(22)32)20-9-8-19(26)14-21(20)27/h2-16H,1H3,(H,28,30,31). The Kier molecular flexibility index (Phi) is 5.52. The summed E-state index contributed by atoms with van der Waals surface area (Å²) in [6, 6.07) is 23.7. The van der Waals surface area contributed by atoms with Gasteiger partial charge in [-0.3, -0.25) is 4.57 Å². The highest BCUT2D eigenvalue weighted by Gasteiger charge is 2.12. The van der Waals surface area contributed by atoms with E-state index in [1.165, 1.54) is 5.56 Å². The Morgan fingerprint density at radius 3 is 2.56 bits per heavy atom. The van der Waals surface area contributed by atoms with Crippen molar-refractivity contribution in [2.24, 2.45) is 0 Å². The minimum absolute atomic E-state index is 0.0737. The molecule has 0 radical (unpaired) electrons. The summed E-state index contributed by atoms with van der Waals surface area (Å²) in [6.07, 6.45) is 3.51. The molecule has 0 aliphatic heterocycles. The third-order valence-corrected chi connectivity index (χ3v) is 5.87. The number of fused-ring (bicyclic) bond motifs is 1. The summed E-state index contributed by atoms with van der Waals surface area (Å²) in [6.45, 7) is 2.08. The minimum Gasteiger partial charge on any atom is -0.348 e. The lowest BCUT2D eigenvalue weighted by molar-refractivity contribution is 0.854. The molecule has 1 N–H and O–H groups in total. The van der Waals surface area contributed by atoms with Crippen LogP contribution in [0.3, 0.4) is 0 Å². The van der Waals surface area contributed by atoms with Gasteiger partial charge in [0.05, 0.1) is 17.1 Å². The van der Waals surface area contributed by atoms with Crippen LogP contribution in [0.15, 0.2) is 85.3 Å². The summed E-state index contributed by atoms with van der Waals surface area (Å²) in [7, 11) is 0. The first-order chi connectivity index (χ1) is 15.6. The molecule has 0 fully saturated rings. The molecule has 5 aromatic rings. The van der Waals surface area contributed by atoms with Gasteiger partial charge in [0.25, 0.3) is 0 Å². The zero-order chi connectivity index (χ0) is 22.1. The van der Waals surface area contributed by atoms with E-state index in [1.54, 1.807) is 18.6 Å². The molecular weight excluding hydrogens is 441 g/mol. The smallest absolute Gasteiger partial charge is 0.225 e. The van der Waals surface area contributed by atoms with Crippen molar-refractivity contribution in [3.8, 4) is 16.9 Å². The average Bonchev–Trinajstić information content (AvgIpc) is 3.23. The molecule has 0 saturated carbocycles. The number of halogens is 2. The fraction of sp³-hybridized carbons (Fsp3) is 0.0800. The topological polar surface area (TPSA) is 55.6 Å². The van der Waals surface area contributed by atoms with Crippen LogP contribution < -0.4 is 5.32 Å². The highest BCUT2D eigenvalue weighted by Crippen LogP contribution is 2.32. The third kappa shape index (κ3) is 4.05. The van der Waals surface area contributed by atoms with E-state index in [4.69, 9.17) is 28.2 Å². The van der Waals surface area contributed by atoms with Crippen molar-refractivity contribution >= 4 is 40.2 Å². The van der Waals surface area contributed by atoms with Gasteiger partial charge >= 0.3 is 0 Å². The fourth-order valence-corrected chi connectivity index (χ4v) is 4.17. The maximum Gasteiger partial charge on any atom is 0.225 e. The van der Waals surface area contributed by atoms with E-state index < -0.39 is 0 Å². The van der Waals surface area contributed by atoms with Crippen LogP contribution >= 0.6 is 23.2 Å². The molecule has 0 spiro atoms. The number of imidazole rings is 1. The van der Waals surface area contributed by atoms with Gasteiger partial charge < -0.3 is 5.32 Å². The number of anilines is 1. The minimum atomic E-state index is 0.0737. The molecule has 0 amide bonds. The van der Waals surface area contributed by atoms with Crippen molar-refractivity contribution in [2.75, 3.05) is 5.32 Å². The summed E-state index contributed by atoms with van der Waals surface area (Å²) >= 11 is 12.5. The Bertz CT molecular complexity index is 1400. The molecule has 1 atom stereocenters. The Hall–Kier alpha value is -3.41. The van der Waals surface area contributed by atoms with Gasteiger partial charge in [0, 0.05) is 21.8 Å². The molecule has 2 aromatic heterocycles. The molecule has 7 heteroatoms. The first kappa shape index (κ1) is 20.5. The monoisotopic (exact) mass is 459 g/mol. The average molecular weight is 460 g/mol. The van der Waals surface area contributed by atoms with Crippen molar-refractivity contribution in [2.45, 2.75) is 13.0 Å². The quantitative estimate of drug-likeness (QED) is 0.308. The van der Waals surface area contributed by atoms with Crippen LogP contribution in [0.2, 0.25) is 10.0 Å².